The third-order valence-electron chi connectivity index (χ3n) is 5.56. The van der Waals surface area contributed by atoms with Crippen LogP contribution in [-0.2, 0) is 4.74 Å². The van der Waals surface area contributed by atoms with Crippen molar-refractivity contribution in [1.82, 2.24) is 0 Å². The second-order valence-electron chi connectivity index (χ2n) is 8.03. The number of hydrogen-bond donors (Lipinski definition) is 2. The van der Waals surface area contributed by atoms with Crippen molar-refractivity contribution < 1.29 is 14.3 Å². The summed E-state index contributed by atoms with van der Waals surface area (Å²) in [6, 6.07) is 33.6. The highest BCUT2D eigenvalue weighted by atomic mass is 16.6. The number of hydrogen-bond acceptors (Lipinski definition) is 5. The number of benzene rings is 4. The molecule has 1 heterocycles. The Kier molecular flexibility index (Phi) is 7.50. The molecule has 5 heteroatoms. The fraction of sp³-hybridized carbons (Fsp3) is 0.0667. The molecule has 1 saturated heterocycles. The second-order valence-corrected chi connectivity index (χ2v) is 8.03. The molecule has 0 saturated carbocycles. The van der Waals surface area contributed by atoms with E-state index in [1.165, 1.54) is 0 Å². The number of ketones is 2. The molecule has 4 aromatic rings. The fourth-order valence-electron chi connectivity index (χ4n) is 3.63. The van der Waals surface area contributed by atoms with Crippen molar-refractivity contribution >= 4 is 29.0 Å². The first-order chi connectivity index (χ1) is 17.0. The first-order valence-corrected chi connectivity index (χ1v) is 11.3. The number of ether oxygens (including phenoxy) is 1. The average molecular weight is 463 g/mol. The second kappa shape index (κ2) is 11.1. The van der Waals surface area contributed by atoms with Gasteiger partial charge in [0.05, 0.1) is 0 Å². The Morgan fingerprint density at radius 2 is 1.17 bits per heavy atom. The van der Waals surface area contributed by atoms with E-state index in [4.69, 9.17) is 16.2 Å². The van der Waals surface area contributed by atoms with Gasteiger partial charge in [-0.25, -0.2) is 0 Å². The molecule has 35 heavy (non-hydrogen) atoms. The first kappa shape index (κ1) is 23.7. The van der Waals surface area contributed by atoms with Crippen molar-refractivity contribution in [3.63, 3.8) is 0 Å². The lowest BCUT2D eigenvalue weighted by Crippen LogP contribution is -2.10. The predicted molar refractivity (Wildman–Crippen MR) is 140 cm³/mol. The molecular formula is C30H26N2O3. The van der Waals surface area contributed by atoms with Gasteiger partial charge in [-0.1, -0.05) is 91.0 Å². The van der Waals surface area contributed by atoms with Gasteiger partial charge in [-0.05, 0) is 41.5 Å². The monoisotopic (exact) mass is 462 g/mol. The zero-order valence-electron chi connectivity index (χ0n) is 19.1. The van der Waals surface area contributed by atoms with E-state index in [2.05, 4.69) is 0 Å². The van der Waals surface area contributed by atoms with E-state index < -0.39 is 6.10 Å². The third-order valence-corrected chi connectivity index (χ3v) is 5.56. The van der Waals surface area contributed by atoms with E-state index in [1.807, 2.05) is 78.9 Å². The van der Waals surface area contributed by atoms with Crippen LogP contribution in [0.4, 0.5) is 11.4 Å². The van der Waals surface area contributed by atoms with Crippen LogP contribution in [0.1, 0.15) is 37.9 Å². The Morgan fingerprint density at radius 3 is 1.77 bits per heavy atom. The molecule has 1 fully saturated rings. The van der Waals surface area contributed by atoms with E-state index in [0.29, 0.717) is 22.5 Å². The molecule has 4 aromatic carbocycles. The fourth-order valence-corrected chi connectivity index (χ4v) is 3.63. The molecule has 0 spiro atoms. The molecule has 0 unspecified atom stereocenters. The van der Waals surface area contributed by atoms with Gasteiger partial charge in [0.15, 0.2) is 17.7 Å². The van der Waals surface area contributed by atoms with Gasteiger partial charge in [0.25, 0.3) is 0 Å². The van der Waals surface area contributed by atoms with Crippen LogP contribution in [0, 0.1) is 0 Å². The van der Waals surface area contributed by atoms with Gasteiger partial charge in [0, 0.05) is 22.5 Å². The van der Waals surface area contributed by atoms with Crippen LogP contribution in [0.3, 0.4) is 0 Å². The highest BCUT2D eigenvalue weighted by molar-refractivity contribution is 6.10. The molecule has 1 aliphatic heterocycles. The van der Waals surface area contributed by atoms with Crippen molar-refractivity contribution in [2.45, 2.75) is 12.2 Å². The summed E-state index contributed by atoms with van der Waals surface area (Å²) < 4.78 is 5.47. The smallest absolute Gasteiger partial charge is 0.196 e. The Balaban J connectivity index is 0.000000165. The summed E-state index contributed by atoms with van der Waals surface area (Å²) in [5.74, 6) is -0.117. The number of Topliss-reactive ketones (excluding diaryl/α,β-unsaturated/α-hetero) is 1. The minimum atomic E-state index is -0.392. The zero-order valence-corrected chi connectivity index (χ0v) is 19.1. The molecule has 1 aliphatic rings. The average Bonchev–Trinajstić information content (AvgIpc) is 3.70. The summed E-state index contributed by atoms with van der Waals surface area (Å²) in [6.07, 6.45) is 2.81. The largest absolute Gasteiger partial charge is 0.398 e. The van der Waals surface area contributed by atoms with Gasteiger partial charge in [-0.3, -0.25) is 9.59 Å². The molecule has 5 rings (SSSR count). The normalized spacial score (nSPS) is 16.2. The third kappa shape index (κ3) is 6.10. The molecule has 5 nitrogen and oxygen atoms in total. The van der Waals surface area contributed by atoms with Crippen LogP contribution in [0.15, 0.2) is 115 Å². The molecule has 0 amide bonds. The minimum Gasteiger partial charge on any atom is -0.398 e. The van der Waals surface area contributed by atoms with Crippen LogP contribution in [-0.4, -0.2) is 17.7 Å². The first-order valence-electron chi connectivity index (χ1n) is 11.3. The van der Waals surface area contributed by atoms with Gasteiger partial charge in [-0.15, -0.1) is 0 Å². The number of anilines is 2. The van der Waals surface area contributed by atoms with Crippen molar-refractivity contribution in [2.24, 2.45) is 0 Å². The number of nitrogen functional groups attached to an aromatic ring is 2. The van der Waals surface area contributed by atoms with Gasteiger partial charge in [-0.2, -0.15) is 0 Å². The molecule has 0 radical (unpaired) electrons. The SMILES string of the molecule is Nc1ccccc1C(=O)/C=C/c1ccccc1.Nc1ccccc1C(=O)[C@@H]1O[C@H]1c1ccccc1. The zero-order chi connectivity index (χ0) is 24.6. The Bertz CT molecular complexity index is 1330. The summed E-state index contributed by atoms with van der Waals surface area (Å²) in [5, 5.41) is 0. The van der Waals surface area contributed by atoms with Crippen LogP contribution >= 0.6 is 0 Å². The quantitative estimate of drug-likeness (QED) is 0.164. The van der Waals surface area contributed by atoms with Crippen LogP contribution < -0.4 is 11.5 Å². The highest BCUT2D eigenvalue weighted by Crippen LogP contribution is 2.41. The number of allylic oxidation sites excluding steroid dienone is 1. The number of carbonyl (C=O) groups excluding carboxylic acids is 2. The standard InChI is InChI=1S/C15H13NO2.C15H13NO/c16-12-9-5-4-8-11(12)13(17)15-14(18-15)10-6-2-1-3-7-10;16-14-9-5-4-8-13(14)15(17)11-10-12-6-2-1-3-7-12/h1-9,14-15H,16H2;1-11H,16H2/b;11-10+/t14-,15-;/m0./s1. The summed E-state index contributed by atoms with van der Waals surface area (Å²) in [4.78, 5) is 24.1. The lowest BCUT2D eigenvalue weighted by atomic mass is 10.0. The molecule has 0 aromatic heterocycles. The van der Waals surface area contributed by atoms with E-state index in [1.54, 1.807) is 42.5 Å². The maximum Gasteiger partial charge on any atom is 0.196 e. The number of rotatable bonds is 6. The van der Waals surface area contributed by atoms with Gasteiger partial charge in [0.1, 0.15) is 6.10 Å². The molecule has 4 N–H and O–H groups in total. The molecular weight excluding hydrogens is 436 g/mol. The highest BCUT2D eigenvalue weighted by Gasteiger charge is 2.46. The summed E-state index contributed by atoms with van der Waals surface area (Å²) in [5.41, 5.74) is 15.7. The lowest BCUT2D eigenvalue weighted by molar-refractivity contribution is 0.0954. The summed E-state index contributed by atoms with van der Waals surface area (Å²) in [6.45, 7) is 0. The van der Waals surface area contributed by atoms with Crippen LogP contribution in [0.5, 0.6) is 0 Å². The number of para-hydroxylation sites is 2. The Morgan fingerprint density at radius 1 is 0.657 bits per heavy atom. The number of carbonyl (C=O) groups is 2. The van der Waals surface area contributed by atoms with Gasteiger partial charge in [0.2, 0.25) is 0 Å². The summed E-state index contributed by atoms with van der Waals surface area (Å²) >= 11 is 0. The lowest BCUT2D eigenvalue weighted by Gasteiger charge is -2.01. The van der Waals surface area contributed by atoms with E-state index in [0.717, 1.165) is 11.1 Å². The van der Waals surface area contributed by atoms with Gasteiger partial charge < -0.3 is 16.2 Å². The molecule has 0 aliphatic carbocycles. The maximum absolute atomic E-state index is 12.2. The van der Waals surface area contributed by atoms with E-state index in [9.17, 15) is 9.59 Å². The maximum atomic E-state index is 12.2. The molecule has 0 bridgehead atoms. The topological polar surface area (TPSA) is 98.7 Å². The Hall–Kier alpha value is -4.48. The van der Waals surface area contributed by atoms with E-state index in [-0.39, 0.29) is 17.7 Å². The van der Waals surface area contributed by atoms with Crippen molar-refractivity contribution in [1.29, 1.82) is 0 Å². The van der Waals surface area contributed by atoms with Crippen molar-refractivity contribution in [2.75, 3.05) is 11.5 Å². The molecule has 174 valence electrons. The Labute approximate surface area is 204 Å². The van der Waals surface area contributed by atoms with Gasteiger partial charge >= 0.3 is 0 Å². The van der Waals surface area contributed by atoms with Crippen molar-refractivity contribution in [3.05, 3.63) is 138 Å². The number of epoxide rings is 1. The van der Waals surface area contributed by atoms with E-state index >= 15 is 0 Å². The predicted octanol–water partition coefficient (Wildman–Crippen LogP) is 5.76. The van der Waals surface area contributed by atoms with Crippen molar-refractivity contribution in [3.8, 4) is 0 Å². The van der Waals surface area contributed by atoms with Crippen LogP contribution in [0.25, 0.3) is 6.08 Å². The minimum absolute atomic E-state index is 0.0399. The molecule has 2 atom stereocenters. The van der Waals surface area contributed by atoms with Crippen LogP contribution in [0.2, 0.25) is 0 Å². The number of nitrogens with two attached hydrogens (primary N) is 2. The summed E-state index contributed by atoms with van der Waals surface area (Å²) in [7, 11) is 0.